The van der Waals surface area contributed by atoms with Crippen molar-refractivity contribution in [1.82, 2.24) is 10.2 Å². The van der Waals surface area contributed by atoms with Gasteiger partial charge in [0.2, 0.25) is 17.7 Å². The van der Waals surface area contributed by atoms with Crippen LogP contribution >= 0.6 is 23.4 Å². The summed E-state index contributed by atoms with van der Waals surface area (Å²) < 4.78 is 5.86. The lowest BCUT2D eigenvalue weighted by Gasteiger charge is -2.06. The molecule has 4 rings (SSSR count). The van der Waals surface area contributed by atoms with Crippen molar-refractivity contribution < 1.29 is 9.21 Å². The van der Waals surface area contributed by atoms with Gasteiger partial charge in [0.05, 0.1) is 5.75 Å². The standard InChI is InChI=1S/C23H18ClN3O2S/c1-15-5-2-3-8-20(15)23-27-26-22(29-23)16-6-4-7-18(13-16)25-21(28)14-30-19-11-9-17(24)10-12-19/h2-13H,14H2,1H3,(H,25,28). The summed E-state index contributed by atoms with van der Waals surface area (Å²) in [5.74, 6) is 1.07. The van der Waals surface area contributed by atoms with Crippen molar-refractivity contribution in [3.63, 3.8) is 0 Å². The molecular weight excluding hydrogens is 418 g/mol. The minimum atomic E-state index is -0.0989. The van der Waals surface area contributed by atoms with Crippen LogP contribution in [-0.2, 0) is 4.79 Å². The number of thioether (sulfide) groups is 1. The van der Waals surface area contributed by atoms with E-state index in [-0.39, 0.29) is 5.91 Å². The predicted octanol–water partition coefficient (Wildman–Crippen LogP) is 6.10. The molecule has 0 atom stereocenters. The highest BCUT2D eigenvalue weighted by Crippen LogP contribution is 2.27. The number of hydrogen-bond donors (Lipinski definition) is 1. The zero-order valence-electron chi connectivity index (χ0n) is 16.1. The molecule has 0 unspecified atom stereocenters. The lowest BCUT2D eigenvalue weighted by Crippen LogP contribution is -2.13. The number of hydrogen-bond acceptors (Lipinski definition) is 5. The van der Waals surface area contributed by atoms with E-state index in [9.17, 15) is 4.79 Å². The first kappa shape index (κ1) is 20.2. The Morgan fingerprint density at radius 2 is 1.77 bits per heavy atom. The van der Waals surface area contributed by atoms with Crippen LogP contribution in [0, 0.1) is 6.92 Å². The Balaban J connectivity index is 1.43. The zero-order chi connectivity index (χ0) is 20.9. The number of anilines is 1. The summed E-state index contributed by atoms with van der Waals surface area (Å²) >= 11 is 7.33. The van der Waals surface area contributed by atoms with Gasteiger partial charge in [-0.1, -0.05) is 35.9 Å². The minimum Gasteiger partial charge on any atom is -0.416 e. The van der Waals surface area contributed by atoms with Crippen LogP contribution < -0.4 is 5.32 Å². The second kappa shape index (κ2) is 9.15. The molecule has 1 aromatic heterocycles. The van der Waals surface area contributed by atoms with E-state index in [0.717, 1.165) is 21.6 Å². The maximum atomic E-state index is 12.3. The van der Waals surface area contributed by atoms with Crippen LogP contribution in [0.4, 0.5) is 5.69 Å². The number of halogens is 1. The van der Waals surface area contributed by atoms with Crippen molar-refractivity contribution >= 4 is 35.0 Å². The quantitative estimate of drug-likeness (QED) is 0.371. The minimum absolute atomic E-state index is 0.0989. The van der Waals surface area contributed by atoms with Crippen molar-refractivity contribution in [2.24, 2.45) is 0 Å². The van der Waals surface area contributed by atoms with Crippen LogP contribution in [0.1, 0.15) is 5.56 Å². The third kappa shape index (κ3) is 4.90. The molecular formula is C23H18ClN3O2S. The summed E-state index contributed by atoms with van der Waals surface area (Å²) in [5, 5.41) is 11.9. The van der Waals surface area contributed by atoms with Crippen LogP contribution in [0.15, 0.2) is 82.1 Å². The molecule has 0 aliphatic heterocycles. The molecule has 0 fully saturated rings. The Bertz CT molecular complexity index is 1180. The molecule has 3 aromatic carbocycles. The maximum Gasteiger partial charge on any atom is 0.248 e. The topological polar surface area (TPSA) is 68.0 Å². The highest BCUT2D eigenvalue weighted by atomic mass is 35.5. The molecule has 0 saturated heterocycles. The fourth-order valence-corrected chi connectivity index (χ4v) is 3.69. The zero-order valence-corrected chi connectivity index (χ0v) is 17.7. The molecule has 0 saturated carbocycles. The van der Waals surface area contributed by atoms with E-state index in [0.29, 0.717) is 28.2 Å². The smallest absolute Gasteiger partial charge is 0.248 e. The van der Waals surface area contributed by atoms with Crippen molar-refractivity contribution in [3.05, 3.63) is 83.4 Å². The SMILES string of the molecule is Cc1ccccc1-c1nnc(-c2cccc(NC(=O)CSc3ccc(Cl)cc3)c2)o1. The van der Waals surface area contributed by atoms with Gasteiger partial charge in [-0.15, -0.1) is 22.0 Å². The van der Waals surface area contributed by atoms with Crippen molar-refractivity contribution in [3.8, 4) is 22.9 Å². The molecule has 5 nitrogen and oxygen atoms in total. The van der Waals surface area contributed by atoms with Gasteiger partial charge in [0.1, 0.15) is 0 Å². The number of benzene rings is 3. The molecule has 30 heavy (non-hydrogen) atoms. The Morgan fingerprint density at radius 3 is 2.57 bits per heavy atom. The third-order valence-corrected chi connectivity index (χ3v) is 5.64. The highest BCUT2D eigenvalue weighted by Gasteiger charge is 2.13. The van der Waals surface area contributed by atoms with Gasteiger partial charge in [-0.3, -0.25) is 4.79 Å². The Hall–Kier alpha value is -3.09. The number of carbonyl (C=O) groups excluding carboxylic acids is 1. The second-order valence-electron chi connectivity index (χ2n) is 6.60. The number of nitrogens with zero attached hydrogens (tertiary/aromatic N) is 2. The summed E-state index contributed by atoms with van der Waals surface area (Å²) in [6.45, 7) is 2.00. The first-order chi connectivity index (χ1) is 14.6. The first-order valence-corrected chi connectivity index (χ1v) is 10.6. The molecule has 4 aromatic rings. The largest absolute Gasteiger partial charge is 0.416 e. The molecule has 150 valence electrons. The van der Waals surface area contributed by atoms with E-state index in [1.54, 1.807) is 12.1 Å². The number of rotatable bonds is 6. The molecule has 0 aliphatic carbocycles. The Labute approximate surface area is 183 Å². The molecule has 1 amide bonds. The van der Waals surface area contributed by atoms with Gasteiger partial charge in [-0.05, 0) is 61.0 Å². The van der Waals surface area contributed by atoms with E-state index >= 15 is 0 Å². The fourth-order valence-electron chi connectivity index (χ4n) is 2.87. The van der Waals surface area contributed by atoms with Crippen LogP contribution in [-0.4, -0.2) is 21.9 Å². The predicted molar refractivity (Wildman–Crippen MR) is 121 cm³/mol. The van der Waals surface area contributed by atoms with E-state index < -0.39 is 0 Å². The lowest BCUT2D eigenvalue weighted by atomic mass is 10.1. The summed E-state index contributed by atoms with van der Waals surface area (Å²) in [6, 6.07) is 22.6. The van der Waals surface area contributed by atoms with E-state index in [1.807, 2.05) is 67.6 Å². The molecule has 0 aliphatic rings. The lowest BCUT2D eigenvalue weighted by molar-refractivity contribution is -0.113. The van der Waals surface area contributed by atoms with Gasteiger partial charge in [0, 0.05) is 26.7 Å². The normalized spacial score (nSPS) is 10.7. The van der Waals surface area contributed by atoms with Gasteiger partial charge in [-0.2, -0.15) is 0 Å². The summed E-state index contributed by atoms with van der Waals surface area (Å²) in [7, 11) is 0. The molecule has 0 radical (unpaired) electrons. The Morgan fingerprint density at radius 1 is 1.00 bits per heavy atom. The monoisotopic (exact) mass is 435 g/mol. The molecule has 0 bridgehead atoms. The summed E-state index contributed by atoms with van der Waals surface area (Å²) in [5.41, 5.74) is 3.38. The van der Waals surface area contributed by atoms with Crippen LogP contribution in [0.5, 0.6) is 0 Å². The fraction of sp³-hybridized carbons (Fsp3) is 0.0870. The second-order valence-corrected chi connectivity index (χ2v) is 8.08. The first-order valence-electron chi connectivity index (χ1n) is 9.27. The van der Waals surface area contributed by atoms with Gasteiger partial charge >= 0.3 is 0 Å². The molecule has 1 N–H and O–H groups in total. The van der Waals surface area contributed by atoms with E-state index in [4.69, 9.17) is 16.0 Å². The Kier molecular flexibility index (Phi) is 6.16. The van der Waals surface area contributed by atoms with Gasteiger partial charge < -0.3 is 9.73 Å². The average Bonchev–Trinajstić information content (AvgIpc) is 3.24. The summed E-state index contributed by atoms with van der Waals surface area (Å²) in [6.07, 6.45) is 0. The molecule has 0 spiro atoms. The van der Waals surface area contributed by atoms with Gasteiger partial charge in [0.25, 0.3) is 0 Å². The van der Waals surface area contributed by atoms with Crippen molar-refractivity contribution in [2.45, 2.75) is 11.8 Å². The molecule has 7 heteroatoms. The number of carbonyl (C=O) groups is 1. The van der Waals surface area contributed by atoms with E-state index in [2.05, 4.69) is 15.5 Å². The summed E-state index contributed by atoms with van der Waals surface area (Å²) in [4.78, 5) is 13.3. The number of nitrogens with one attached hydrogen (secondary N) is 1. The van der Waals surface area contributed by atoms with E-state index in [1.165, 1.54) is 11.8 Å². The number of aryl methyl sites for hydroxylation is 1. The van der Waals surface area contributed by atoms with Crippen LogP contribution in [0.2, 0.25) is 5.02 Å². The van der Waals surface area contributed by atoms with Crippen molar-refractivity contribution in [2.75, 3.05) is 11.1 Å². The van der Waals surface area contributed by atoms with Gasteiger partial charge in [-0.25, -0.2) is 0 Å². The third-order valence-electron chi connectivity index (χ3n) is 4.38. The van der Waals surface area contributed by atoms with Crippen molar-refractivity contribution in [1.29, 1.82) is 0 Å². The average molecular weight is 436 g/mol. The van der Waals surface area contributed by atoms with Gasteiger partial charge in [0.15, 0.2) is 0 Å². The molecule has 1 heterocycles. The van der Waals surface area contributed by atoms with Crippen LogP contribution in [0.3, 0.4) is 0 Å². The maximum absolute atomic E-state index is 12.3. The number of amides is 1. The number of aromatic nitrogens is 2. The highest BCUT2D eigenvalue weighted by molar-refractivity contribution is 8.00. The van der Waals surface area contributed by atoms with Crippen LogP contribution in [0.25, 0.3) is 22.9 Å².